The van der Waals surface area contributed by atoms with E-state index in [0.29, 0.717) is 6.42 Å². The van der Waals surface area contributed by atoms with E-state index < -0.39 is 0 Å². The number of methoxy groups -OCH3 is 1. The summed E-state index contributed by atoms with van der Waals surface area (Å²) in [4.78, 5) is 0. The number of nitrogens with one attached hydrogen (secondary N) is 1. The SMILES string of the molecule is COc1ccc(C)cc1CCNCCCC#N. The molecule has 3 nitrogen and oxygen atoms in total. The molecule has 0 spiro atoms. The molecule has 1 rings (SSSR count). The van der Waals surface area contributed by atoms with Crippen LogP contribution in [0, 0.1) is 18.3 Å². The van der Waals surface area contributed by atoms with Gasteiger partial charge in [-0.25, -0.2) is 0 Å². The molecule has 3 heteroatoms. The molecule has 0 atom stereocenters. The molecule has 0 saturated heterocycles. The molecular formula is C14H20N2O. The lowest BCUT2D eigenvalue weighted by molar-refractivity contribution is 0.409. The number of aryl methyl sites for hydroxylation is 1. The molecule has 17 heavy (non-hydrogen) atoms. The molecule has 0 bridgehead atoms. The van der Waals surface area contributed by atoms with E-state index in [1.54, 1.807) is 7.11 Å². The summed E-state index contributed by atoms with van der Waals surface area (Å²) < 4.78 is 5.33. The molecule has 92 valence electrons. The van der Waals surface area contributed by atoms with Crippen LogP contribution in [0.15, 0.2) is 18.2 Å². The van der Waals surface area contributed by atoms with Gasteiger partial charge in [0, 0.05) is 6.42 Å². The van der Waals surface area contributed by atoms with Crippen molar-refractivity contribution in [2.24, 2.45) is 0 Å². The normalized spacial score (nSPS) is 9.94. The maximum absolute atomic E-state index is 8.41. The summed E-state index contributed by atoms with van der Waals surface area (Å²) in [6.45, 7) is 3.91. The summed E-state index contributed by atoms with van der Waals surface area (Å²) in [5, 5.41) is 11.7. The zero-order chi connectivity index (χ0) is 12.5. The number of nitriles is 1. The second-order valence-electron chi connectivity index (χ2n) is 4.08. The van der Waals surface area contributed by atoms with E-state index >= 15 is 0 Å². The van der Waals surface area contributed by atoms with E-state index in [1.165, 1.54) is 11.1 Å². The average Bonchev–Trinajstić information content (AvgIpc) is 2.34. The van der Waals surface area contributed by atoms with Gasteiger partial charge in [0.05, 0.1) is 13.2 Å². The fourth-order valence-corrected chi connectivity index (χ4v) is 1.74. The van der Waals surface area contributed by atoms with Crippen molar-refractivity contribution in [1.82, 2.24) is 5.32 Å². The van der Waals surface area contributed by atoms with E-state index in [4.69, 9.17) is 10.00 Å². The number of hydrogen-bond donors (Lipinski definition) is 1. The molecule has 1 aromatic carbocycles. The zero-order valence-corrected chi connectivity index (χ0v) is 10.6. The van der Waals surface area contributed by atoms with Crippen molar-refractivity contribution in [3.8, 4) is 11.8 Å². The number of unbranched alkanes of at least 4 members (excludes halogenated alkanes) is 1. The number of ether oxygens (including phenoxy) is 1. The quantitative estimate of drug-likeness (QED) is 0.734. The summed E-state index contributed by atoms with van der Waals surface area (Å²) in [6.07, 6.45) is 2.50. The third kappa shape index (κ3) is 4.88. The summed E-state index contributed by atoms with van der Waals surface area (Å²) in [6, 6.07) is 8.38. The van der Waals surface area contributed by atoms with Gasteiger partial charge in [0.25, 0.3) is 0 Å². The molecule has 0 fully saturated rings. The van der Waals surface area contributed by atoms with Crippen molar-refractivity contribution in [1.29, 1.82) is 5.26 Å². The van der Waals surface area contributed by atoms with Gasteiger partial charge in [0.15, 0.2) is 0 Å². The first-order valence-electron chi connectivity index (χ1n) is 5.99. The Morgan fingerprint density at radius 2 is 2.18 bits per heavy atom. The Morgan fingerprint density at radius 3 is 2.88 bits per heavy atom. The van der Waals surface area contributed by atoms with Crippen LogP contribution in [0.1, 0.15) is 24.0 Å². The Hall–Kier alpha value is -1.53. The first kappa shape index (κ1) is 13.5. The van der Waals surface area contributed by atoms with Gasteiger partial charge in [0.1, 0.15) is 5.75 Å². The highest BCUT2D eigenvalue weighted by atomic mass is 16.5. The topological polar surface area (TPSA) is 45.0 Å². The van der Waals surface area contributed by atoms with Gasteiger partial charge in [-0.3, -0.25) is 0 Å². The molecular weight excluding hydrogens is 212 g/mol. The molecule has 0 amide bonds. The number of benzene rings is 1. The Bertz CT molecular complexity index is 382. The molecule has 0 saturated carbocycles. The molecule has 1 aromatic rings. The van der Waals surface area contributed by atoms with Crippen molar-refractivity contribution < 1.29 is 4.74 Å². The molecule has 0 unspecified atom stereocenters. The fraction of sp³-hybridized carbons (Fsp3) is 0.500. The first-order valence-corrected chi connectivity index (χ1v) is 5.99. The van der Waals surface area contributed by atoms with Crippen LogP contribution in [0.2, 0.25) is 0 Å². The van der Waals surface area contributed by atoms with Gasteiger partial charge in [-0.05, 0) is 44.5 Å². The molecule has 0 aliphatic rings. The number of hydrogen-bond acceptors (Lipinski definition) is 3. The Labute approximate surface area is 103 Å². The van der Waals surface area contributed by atoms with E-state index in [-0.39, 0.29) is 0 Å². The maximum atomic E-state index is 8.41. The maximum Gasteiger partial charge on any atom is 0.122 e. The van der Waals surface area contributed by atoms with Crippen LogP contribution in [-0.4, -0.2) is 20.2 Å². The molecule has 0 aromatic heterocycles. The van der Waals surface area contributed by atoms with Crippen LogP contribution in [-0.2, 0) is 6.42 Å². The lowest BCUT2D eigenvalue weighted by Crippen LogP contribution is -2.18. The standard InChI is InChI=1S/C14H20N2O/c1-12-5-6-14(17-2)13(11-12)7-10-16-9-4-3-8-15/h5-6,11,16H,3-4,7,9-10H2,1-2H3. The lowest BCUT2D eigenvalue weighted by atomic mass is 10.1. The van der Waals surface area contributed by atoms with Crippen LogP contribution >= 0.6 is 0 Å². The van der Waals surface area contributed by atoms with Gasteiger partial charge in [-0.2, -0.15) is 5.26 Å². The Kier molecular flexibility index (Phi) is 6.13. The van der Waals surface area contributed by atoms with E-state index in [1.807, 2.05) is 6.07 Å². The summed E-state index contributed by atoms with van der Waals surface area (Å²) in [7, 11) is 1.70. The monoisotopic (exact) mass is 232 g/mol. The molecule has 0 aliphatic carbocycles. The Morgan fingerprint density at radius 1 is 1.35 bits per heavy atom. The number of nitrogens with zero attached hydrogens (tertiary/aromatic N) is 1. The smallest absolute Gasteiger partial charge is 0.122 e. The summed E-state index contributed by atoms with van der Waals surface area (Å²) >= 11 is 0. The van der Waals surface area contributed by atoms with Gasteiger partial charge in [-0.1, -0.05) is 17.7 Å². The highest BCUT2D eigenvalue weighted by Crippen LogP contribution is 2.19. The predicted octanol–water partition coefficient (Wildman–Crippen LogP) is 2.44. The minimum absolute atomic E-state index is 0.626. The lowest BCUT2D eigenvalue weighted by Gasteiger charge is -2.10. The van der Waals surface area contributed by atoms with Crippen molar-refractivity contribution in [3.05, 3.63) is 29.3 Å². The van der Waals surface area contributed by atoms with Crippen LogP contribution in [0.25, 0.3) is 0 Å². The minimum Gasteiger partial charge on any atom is -0.496 e. The molecule has 0 aliphatic heterocycles. The van der Waals surface area contributed by atoms with Gasteiger partial charge in [-0.15, -0.1) is 0 Å². The van der Waals surface area contributed by atoms with Gasteiger partial charge in [0.2, 0.25) is 0 Å². The Balaban J connectivity index is 2.35. The van der Waals surface area contributed by atoms with E-state index in [0.717, 1.165) is 31.7 Å². The molecule has 0 radical (unpaired) electrons. The van der Waals surface area contributed by atoms with Crippen LogP contribution < -0.4 is 10.1 Å². The van der Waals surface area contributed by atoms with Crippen molar-refractivity contribution in [3.63, 3.8) is 0 Å². The van der Waals surface area contributed by atoms with Crippen LogP contribution in [0.3, 0.4) is 0 Å². The number of rotatable bonds is 7. The third-order valence-electron chi connectivity index (χ3n) is 2.65. The van der Waals surface area contributed by atoms with Crippen molar-refractivity contribution in [2.75, 3.05) is 20.2 Å². The van der Waals surface area contributed by atoms with Gasteiger partial charge >= 0.3 is 0 Å². The largest absolute Gasteiger partial charge is 0.496 e. The van der Waals surface area contributed by atoms with Gasteiger partial charge < -0.3 is 10.1 Å². The summed E-state index contributed by atoms with van der Waals surface area (Å²) in [5.74, 6) is 0.953. The fourth-order valence-electron chi connectivity index (χ4n) is 1.74. The van der Waals surface area contributed by atoms with Crippen molar-refractivity contribution in [2.45, 2.75) is 26.2 Å². The highest BCUT2D eigenvalue weighted by Gasteiger charge is 2.02. The van der Waals surface area contributed by atoms with E-state index in [2.05, 4.69) is 30.4 Å². The van der Waals surface area contributed by atoms with Crippen LogP contribution in [0.5, 0.6) is 5.75 Å². The first-order chi connectivity index (χ1) is 8.27. The molecule has 1 N–H and O–H groups in total. The van der Waals surface area contributed by atoms with Crippen LogP contribution in [0.4, 0.5) is 0 Å². The second-order valence-corrected chi connectivity index (χ2v) is 4.08. The van der Waals surface area contributed by atoms with E-state index in [9.17, 15) is 0 Å². The minimum atomic E-state index is 0.626. The van der Waals surface area contributed by atoms with Crippen molar-refractivity contribution >= 4 is 0 Å². The predicted molar refractivity (Wildman–Crippen MR) is 69.2 cm³/mol. The average molecular weight is 232 g/mol. The summed E-state index contributed by atoms with van der Waals surface area (Å²) in [5.41, 5.74) is 2.49. The second kappa shape index (κ2) is 7.70. The molecule has 0 heterocycles. The highest BCUT2D eigenvalue weighted by molar-refractivity contribution is 5.37. The zero-order valence-electron chi connectivity index (χ0n) is 10.6. The third-order valence-corrected chi connectivity index (χ3v) is 2.65.